The van der Waals surface area contributed by atoms with Crippen LogP contribution in [0.1, 0.15) is 30.3 Å². The highest BCUT2D eigenvalue weighted by atomic mass is 16.5. The molecule has 3 N–H and O–H groups in total. The number of rotatable bonds is 3. The number of hydrogen-bond donors (Lipinski definition) is 2. The van der Waals surface area contributed by atoms with E-state index in [2.05, 4.69) is 10.3 Å². The molecule has 0 amide bonds. The molecule has 0 saturated carbocycles. The van der Waals surface area contributed by atoms with Crippen molar-refractivity contribution in [1.82, 2.24) is 15.0 Å². The fourth-order valence-electron chi connectivity index (χ4n) is 2.37. The molecular weight excluding hydrogens is 244 g/mol. The zero-order chi connectivity index (χ0) is 13.2. The molecule has 1 fully saturated rings. The monoisotopic (exact) mass is 260 g/mol. The number of aromatic hydroxyl groups is 1. The summed E-state index contributed by atoms with van der Waals surface area (Å²) in [6.07, 6.45) is 2.00. The lowest BCUT2D eigenvalue weighted by atomic mass is 10.1. The second-order valence-corrected chi connectivity index (χ2v) is 4.56. The van der Waals surface area contributed by atoms with Crippen molar-refractivity contribution >= 4 is 0 Å². The average Bonchev–Trinajstić information content (AvgIpc) is 3.07. The van der Waals surface area contributed by atoms with Crippen LogP contribution in [0.15, 0.2) is 24.3 Å². The zero-order valence-electron chi connectivity index (χ0n) is 10.5. The number of ether oxygens (including phenoxy) is 1. The molecule has 1 aromatic carbocycles. The summed E-state index contributed by atoms with van der Waals surface area (Å²) >= 11 is 0. The molecule has 6 heteroatoms. The molecule has 1 aromatic heterocycles. The SMILES string of the molecule is NCc1nnn(-c2ccc(O)cc2)c1C1CCCO1. The van der Waals surface area contributed by atoms with Crippen LogP contribution in [0.3, 0.4) is 0 Å². The van der Waals surface area contributed by atoms with E-state index in [0.717, 1.165) is 36.5 Å². The molecule has 1 atom stereocenters. The van der Waals surface area contributed by atoms with Crippen LogP contribution in [-0.2, 0) is 11.3 Å². The van der Waals surface area contributed by atoms with Gasteiger partial charge in [0, 0.05) is 13.2 Å². The summed E-state index contributed by atoms with van der Waals surface area (Å²) in [6, 6.07) is 6.84. The minimum absolute atomic E-state index is 0.00218. The van der Waals surface area contributed by atoms with E-state index in [1.807, 2.05) is 0 Å². The van der Waals surface area contributed by atoms with E-state index in [9.17, 15) is 5.11 Å². The number of phenolic OH excluding ortho intramolecular Hbond substituents is 1. The topological polar surface area (TPSA) is 86.2 Å². The largest absolute Gasteiger partial charge is 0.508 e. The number of benzene rings is 1. The van der Waals surface area contributed by atoms with Crippen LogP contribution < -0.4 is 5.73 Å². The standard InChI is InChI=1S/C13H16N4O2/c14-8-11-13(12-2-1-7-19-12)17(16-15-11)9-3-5-10(18)6-4-9/h3-6,12,18H,1-2,7-8,14H2. The molecule has 1 unspecified atom stereocenters. The van der Waals surface area contributed by atoms with E-state index in [-0.39, 0.29) is 11.9 Å². The van der Waals surface area contributed by atoms with Gasteiger partial charge in [-0.05, 0) is 37.1 Å². The third kappa shape index (κ3) is 2.20. The lowest BCUT2D eigenvalue weighted by Crippen LogP contribution is -2.10. The van der Waals surface area contributed by atoms with Crippen molar-refractivity contribution < 1.29 is 9.84 Å². The quantitative estimate of drug-likeness (QED) is 0.868. The van der Waals surface area contributed by atoms with Crippen molar-refractivity contribution in [1.29, 1.82) is 0 Å². The summed E-state index contributed by atoms with van der Waals surface area (Å²) in [5.74, 6) is 0.224. The lowest BCUT2D eigenvalue weighted by molar-refractivity contribution is 0.106. The Bertz CT molecular complexity index is 559. The van der Waals surface area contributed by atoms with E-state index < -0.39 is 0 Å². The summed E-state index contributed by atoms with van der Waals surface area (Å²) in [7, 11) is 0. The van der Waals surface area contributed by atoms with Crippen LogP contribution in [0.4, 0.5) is 0 Å². The van der Waals surface area contributed by atoms with Crippen LogP contribution in [0.25, 0.3) is 5.69 Å². The van der Waals surface area contributed by atoms with Gasteiger partial charge in [-0.3, -0.25) is 0 Å². The fourth-order valence-corrected chi connectivity index (χ4v) is 2.37. The highest BCUT2D eigenvalue weighted by Gasteiger charge is 2.26. The van der Waals surface area contributed by atoms with Gasteiger partial charge in [0.2, 0.25) is 0 Å². The van der Waals surface area contributed by atoms with Crippen LogP contribution in [-0.4, -0.2) is 26.7 Å². The first-order valence-electron chi connectivity index (χ1n) is 6.35. The number of nitrogens with two attached hydrogens (primary N) is 1. The Morgan fingerprint density at radius 2 is 2.16 bits per heavy atom. The van der Waals surface area contributed by atoms with Crippen molar-refractivity contribution in [3.05, 3.63) is 35.7 Å². The van der Waals surface area contributed by atoms with Gasteiger partial charge in [0.05, 0.1) is 11.4 Å². The first kappa shape index (κ1) is 12.1. The van der Waals surface area contributed by atoms with E-state index >= 15 is 0 Å². The molecule has 0 spiro atoms. The van der Waals surface area contributed by atoms with Gasteiger partial charge in [-0.2, -0.15) is 0 Å². The van der Waals surface area contributed by atoms with Gasteiger partial charge in [-0.1, -0.05) is 5.21 Å². The Morgan fingerprint density at radius 1 is 1.37 bits per heavy atom. The number of hydrogen-bond acceptors (Lipinski definition) is 5. The number of phenols is 1. The fraction of sp³-hybridized carbons (Fsp3) is 0.385. The second-order valence-electron chi connectivity index (χ2n) is 4.56. The molecule has 100 valence electrons. The Morgan fingerprint density at radius 3 is 2.79 bits per heavy atom. The van der Waals surface area contributed by atoms with Gasteiger partial charge in [0.1, 0.15) is 17.5 Å². The molecule has 19 heavy (non-hydrogen) atoms. The summed E-state index contributed by atoms with van der Waals surface area (Å²) in [6.45, 7) is 1.10. The van der Waals surface area contributed by atoms with Crippen LogP contribution in [0.2, 0.25) is 0 Å². The summed E-state index contributed by atoms with van der Waals surface area (Å²) < 4.78 is 7.47. The minimum atomic E-state index is 0.00218. The van der Waals surface area contributed by atoms with Crippen LogP contribution >= 0.6 is 0 Å². The van der Waals surface area contributed by atoms with Gasteiger partial charge < -0.3 is 15.6 Å². The van der Waals surface area contributed by atoms with Gasteiger partial charge in [-0.15, -0.1) is 5.10 Å². The van der Waals surface area contributed by atoms with E-state index in [4.69, 9.17) is 10.5 Å². The molecule has 1 aliphatic rings. The van der Waals surface area contributed by atoms with Gasteiger partial charge in [0.25, 0.3) is 0 Å². The van der Waals surface area contributed by atoms with Crippen molar-refractivity contribution in [2.45, 2.75) is 25.5 Å². The van der Waals surface area contributed by atoms with E-state index in [1.54, 1.807) is 28.9 Å². The second kappa shape index (κ2) is 4.99. The first-order chi connectivity index (χ1) is 9.29. The van der Waals surface area contributed by atoms with Gasteiger partial charge >= 0.3 is 0 Å². The van der Waals surface area contributed by atoms with E-state index in [0.29, 0.717) is 6.54 Å². The lowest BCUT2D eigenvalue weighted by Gasteiger charge is -2.13. The summed E-state index contributed by atoms with van der Waals surface area (Å²) in [5.41, 5.74) is 8.25. The first-order valence-corrected chi connectivity index (χ1v) is 6.35. The molecule has 2 heterocycles. The molecule has 0 aliphatic carbocycles. The van der Waals surface area contributed by atoms with Crippen LogP contribution in [0, 0.1) is 0 Å². The maximum atomic E-state index is 9.35. The number of aromatic nitrogens is 3. The maximum absolute atomic E-state index is 9.35. The van der Waals surface area contributed by atoms with E-state index in [1.165, 1.54) is 0 Å². The Kier molecular flexibility index (Phi) is 3.18. The van der Waals surface area contributed by atoms with Gasteiger partial charge in [-0.25, -0.2) is 4.68 Å². The van der Waals surface area contributed by atoms with Crippen molar-refractivity contribution in [3.8, 4) is 11.4 Å². The smallest absolute Gasteiger partial charge is 0.115 e. The third-order valence-electron chi connectivity index (χ3n) is 3.30. The third-order valence-corrected chi connectivity index (χ3v) is 3.30. The Hall–Kier alpha value is -1.92. The molecule has 3 rings (SSSR count). The van der Waals surface area contributed by atoms with Crippen molar-refractivity contribution in [2.75, 3.05) is 6.61 Å². The molecule has 0 radical (unpaired) electrons. The minimum Gasteiger partial charge on any atom is -0.508 e. The maximum Gasteiger partial charge on any atom is 0.115 e. The average molecular weight is 260 g/mol. The molecule has 1 aliphatic heterocycles. The molecule has 1 saturated heterocycles. The summed E-state index contributed by atoms with van der Waals surface area (Å²) in [5, 5.41) is 17.6. The van der Waals surface area contributed by atoms with Crippen LogP contribution in [0.5, 0.6) is 5.75 Å². The van der Waals surface area contributed by atoms with Crippen molar-refractivity contribution in [3.63, 3.8) is 0 Å². The Labute approximate surface area is 110 Å². The molecule has 2 aromatic rings. The predicted octanol–water partition coefficient (Wildman–Crippen LogP) is 1.28. The molecule has 6 nitrogen and oxygen atoms in total. The normalized spacial score (nSPS) is 18.9. The number of nitrogens with zero attached hydrogens (tertiary/aromatic N) is 3. The highest BCUT2D eigenvalue weighted by molar-refractivity contribution is 5.38. The summed E-state index contributed by atoms with van der Waals surface area (Å²) in [4.78, 5) is 0. The van der Waals surface area contributed by atoms with Crippen molar-refractivity contribution in [2.24, 2.45) is 5.73 Å². The predicted molar refractivity (Wildman–Crippen MR) is 68.8 cm³/mol. The Balaban J connectivity index is 2.05. The highest BCUT2D eigenvalue weighted by Crippen LogP contribution is 2.31. The zero-order valence-corrected chi connectivity index (χ0v) is 10.5. The molecular formula is C13H16N4O2. The molecule has 0 bridgehead atoms. The van der Waals surface area contributed by atoms with Gasteiger partial charge in [0.15, 0.2) is 0 Å².